The van der Waals surface area contributed by atoms with Gasteiger partial charge in [-0.25, -0.2) is 14.5 Å². The summed E-state index contributed by atoms with van der Waals surface area (Å²) in [6.07, 6.45) is -1.36. The lowest BCUT2D eigenvalue weighted by Gasteiger charge is -2.46. The first-order valence-electron chi connectivity index (χ1n) is 21.5. The molecule has 1 spiro atoms. The molecule has 4 N–H and O–H groups in total. The topological polar surface area (TPSA) is 230 Å². The minimum atomic E-state index is -2.28. The molecule has 0 unspecified atom stereocenters. The number of cyclic esters (lactones) is 1. The molecule has 2 fully saturated rings. The average Bonchev–Trinajstić information content (AvgIpc) is 3.80. The summed E-state index contributed by atoms with van der Waals surface area (Å²) in [5.74, 6) is -3.21. The van der Waals surface area contributed by atoms with Gasteiger partial charge in [0.05, 0.1) is 51.6 Å². The Morgan fingerprint density at radius 2 is 1.43 bits per heavy atom. The maximum atomic E-state index is 16.3. The van der Waals surface area contributed by atoms with E-state index >= 15 is 9.59 Å². The smallest absolute Gasteiger partial charge is 0.329 e. The fourth-order valence-corrected chi connectivity index (χ4v) is 9.60. The van der Waals surface area contributed by atoms with E-state index < -0.39 is 102 Å². The molecule has 0 saturated carbocycles. The van der Waals surface area contributed by atoms with Crippen molar-refractivity contribution in [1.82, 2.24) is 10.2 Å². The second-order valence-electron chi connectivity index (χ2n) is 16.4. The number of anilines is 1. The van der Waals surface area contributed by atoms with Gasteiger partial charge in [0, 0.05) is 17.5 Å². The van der Waals surface area contributed by atoms with E-state index in [2.05, 4.69) is 17.2 Å². The Hall–Kier alpha value is -7.55. The minimum absolute atomic E-state index is 0.0310. The van der Waals surface area contributed by atoms with Gasteiger partial charge in [0.1, 0.15) is 36.0 Å². The number of fused-ring (bicyclic) bond motifs is 3. The van der Waals surface area contributed by atoms with Crippen LogP contribution in [0.1, 0.15) is 66.3 Å². The molecule has 3 aliphatic rings. The second-order valence-corrected chi connectivity index (χ2v) is 16.4. The zero-order valence-corrected chi connectivity index (χ0v) is 37.4. The second kappa shape index (κ2) is 19.9. The van der Waals surface area contributed by atoms with Crippen LogP contribution in [-0.2, 0) is 53.1 Å². The first-order valence-corrected chi connectivity index (χ1v) is 21.5. The summed E-state index contributed by atoms with van der Waals surface area (Å²) < 4.78 is 27.1. The first-order chi connectivity index (χ1) is 32.3. The number of aliphatic hydroxyl groups excluding tert-OH is 1. The highest BCUT2D eigenvalue weighted by Crippen LogP contribution is 2.66. The number of carbonyl (C=O) groups excluding carboxylic acids is 7. The monoisotopic (exact) mass is 914 g/mol. The Bertz CT molecular complexity index is 2610. The molecule has 17 heteroatoms. The number of morpholine rings is 1. The highest BCUT2D eigenvalue weighted by atomic mass is 16.6. The number of nitrogens with two attached hydrogens (primary N) is 1. The van der Waals surface area contributed by atoms with E-state index in [-0.39, 0.29) is 35.6 Å². The number of esters is 4. The summed E-state index contributed by atoms with van der Waals surface area (Å²) in [6.45, 7) is 2.78. The van der Waals surface area contributed by atoms with Crippen molar-refractivity contribution >= 4 is 47.4 Å². The van der Waals surface area contributed by atoms with Crippen molar-refractivity contribution in [3.05, 3.63) is 131 Å². The number of hydrogen-bond acceptors (Lipinski definition) is 14. The third-order valence-corrected chi connectivity index (χ3v) is 12.4. The molecule has 0 aliphatic carbocycles. The summed E-state index contributed by atoms with van der Waals surface area (Å²) >= 11 is 0. The summed E-state index contributed by atoms with van der Waals surface area (Å²) in [4.78, 5) is 101. The van der Waals surface area contributed by atoms with Crippen molar-refractivity contribution in [1.29, 1.82) is 0 Å². The van der Waals surface area contributed by atoms with Gasteiger partial charge in [-0.3, -0.25) is 28.9 Å². The number of imide groups is 1. The maximum absolute atomic E-state index is 16.3. The summed E-state index contributed by atoms with van der Waals surface area (Å²) in [5.41, 5.74) is 5.94. The predicted molar refractivity (Wildman–Crippen MR) is 238 cm³/mol. The molecule has 0 aromatic heterocycles. The van der Waals surface area contributed by atoms with Crippen molar-refractivity contribution in [2.45, 2.75) is 56.0 Å². The standard InChI is InChI=1S/C50H50N4O13/c1-28(2)38(46(59)65-5)52-49(62)53-35-24-23-29(15-14-21-33(44(57)63-3)45(58)64-4)27-34(35)50(48(53)61)37(43(51)56)40-47(60)67-41(31-18-10-7-11-19-31)39(30-16-8-6-9-17-30)54(40)42(50)32-20-12-13-22-36(32)66-26-25-55/h6-13,16-20,22-24,27-28,33,37-42,55H,21,25-26H2,1-5H3,(H2,51,56)(H,52,62)/t37-,38-,39-,40-,41+,42+,50-/m0/s1. The van der Waals surface area contributed by atoms with Gasteiger partial charge in [0.2, 0.25) is 11.8 Å². The van der Waals surface area contributed by atoms with Crippen molar-refractivity contribution in [3.8, 4) is 17.6 Å². The van der Waals surface area contributed by atoms with Gasteiger partial charge < -0.3 is 39.8 Å². The number of carbonyl (C=O) groups is 7. The number of ether oxygens (including phenoxy) is 5. The Kier molecular flexibility index (Phi) is 14.1. The van der Waals surface area contributed by atoms with Gasteiger partial charge in [0.25, 0.3) is 0 Å². The van der Waals surface area contributed by atoms with Gasteiger partial charge in [-0.05, 0) is 46.9 Å². The molecule has 3 aliphatic heterocycles. The van der Waals surface area contributed by atoms with Crippen molar-refractivity contribution < 1.29 is 62.4 Å². The molecule has 348 valence electrons. The van der Waals surface area contributed by atoms with Gasteiger partial charge in [0.15, 0.2) is 5.92 Å². The number of hydrogen-bond donors (Lipinski definition) is 3. The lowest BCUT2D eigenvalue weighted by molar-refractivity contribution is -0.178. The SMILES string of the molecule is COC(=O)C(CC#Cc1ccc2c(c1)[C@]1(C(=O)N2C(=O)N[C@H](C(=O)OC)C(C)C)[C@H](C(N)=O)[C@H]2C(=O)O[C@H](c3ccccc3)[C@H](c3ccccc3)N2[C@@H]1c1ccccc1OCCO)C(=O)OC. The number of primary amides is 1. The summed E-state index contributed by atoms with van der Waals surface area (Å²) in [6, 6.07) is 23.0. The molecule has 17 nitrogen and oxygen atoms in total. The summed E-state index contributed by atoms with van der Waals surface area (Å²) in [7, 11) is 3.40. The fourth-order valence-electron chi connectivity index (χ4n) is 9.60. The molecule has 2 saturated heterocycles. The van der Waals surface area contributed by atoms with Gasteiger partial charge >= 0.3 is 29.9 Å². The zero-order chi connectivity index (χ0) is 48.2. The highest BCUT2D eigenvalue weighted by Gasteiger charge is 2.75. The van der Waals surface area contributed by atoms with Crippen LogP contribution in [0.4, 0.5) is 10.5 Å². The average molecular weight is 915 g/mol. The molecule has 67 heavy (non-hydrogen) atoms. The van der Waals surface area contributed by atoms with Crippen LogP contribution in [0.5, 0.6) is 5.75 Å². The first kappa shape index (κ1) is 47.4. The number of methoxy groups -OCH3 is 3. The molecule has 3 heterocycles. The molecule has 4 amide bonds. The third-order valence-electron chi connectivity index (χ3n) is 12.4. The fraction of sp³-hybridized carbons (Fsp3) is 0.340. The Morgan fingerprint density at radius 3 is 2.03 bits per heavy atom. The number of para-hydroxylation sites is 1. The molecule has 7 rings (SSSR count). The van der Waals surface area contributed by atoms with E-state index in [0.29, 0.717) is 16.7 Å². The highest BCUT2D eigenvalue weighted by molar-refractivity contribution is 6.25. The normalized spacial score (nSPS) is 22.2. The van der Waals surface area contributed by atoms with Crippen LogP contribution in [0.15, 0.2) is 103 Å². The van der Waals surface area contributed by atoms with Crippen LogP contribution in [0.3, 0.4) is 0 Å². The van der Waals surface area contributed by atoms with Crippen LogP contribution < -0.4 is 20.7 Å². The Morgan fingerprint density at radius 1 is 0.821 bits per heavy atom. The third kappa shape index (κ3) is 8.45. The molecule has 4 aromatic rings. The number of benzene rings is 4. The molecule has 0 radical (unpaired) electrons. The van der Waals surface area contributed by atoms with E-state index in [1.165, 1.54) is 18.2 Å². The predicted octanol–water partition coefficient (Wildman–Crippen LogP) is 3.82. The molecular weight excluding hydrogens is 865 g/mol. The van der Waals surface area contributed by atoms with Crippen LogP contribution in [0.2, 0.25) is 0 Å². The van der Waals surface area contributed by atoms with Crippen LogP contribution in [0.25, 0.3) is 0 Å². The van der Waals surface area contributed by atoms with Crippen molar-refractivity contribution in [2.24, 2.45) is 23.5 Å². The van der Waals surface area contributed by atoms with Crippen LogP contribution in [-0.4, -0.2) is 98.4 Å². The van der Waals surface area contributed by atoms with E-state index in [1.54, 1.807) is 79.4 Å². The number of nitrogens with zero attached hydrogens (tertiary/aromatic N) is 2. The number of amides is 4. The minimum Gasteiger partial charge on any atom is -0.491 e. The zero-order valence-electron chi connectivity index (χ0n) is 37.4. The van der Waals surface area contributed by atoms with Gasteiger partial charge in [-0.15, -0.1) is 0 Å². The quantitative estimate of drug-likeness (QED) is 0.0750. The van der Waals surface area contributed by atoms with Crippen LogP contribution in [0, 0.1) is 29.6 Å². The summed E-state index contributed by atoms with van der Waals surface area (Å²) in [5, 5.41) is 12.6. The lowest BCUT2D eigenvalue weighted by Crippen LogP contribution is -2.57. The number of urea groups is 1. The molecule has 4 aromatic carbocycles. The Balaban J connectivity index is 1.56. The van der Waals surface area contributed by atoms with Gasteiger partial charge in [-0.1, -0.05) is 105 Å². The van der Waals surface area contributed by atoms with E-state index in [4.69, 9.17) is 29.4 Å². The van der Waals surface area contributed by atoms with Crippen molar-refractivity contribution in [2.75, 3.05) is 39.4 Å². The largest absolute Gasteiger partial charge is 0.491 e. The molecule has 0 bridgehead atoms. The van der Waals surface area contributed by atoms with E-state index in [1.807, 2.05) is 24.3 Å². The number of rotatable bonds is 13. The lowest BCUT2D eigenvalue weighted by atomic mass is 9.65. The van der Waals surface area contributed by atoms with Crippen LogP contribution >= 0.6 is 0 Å². The van der Waals surface area contributed by atoms with E-state index in [9.17, 15) is 29.1 Å². The van der Waals surface area contributed by atoms with Gasteiger partial charge in [-0.2, -0.15) is 0 Å². The molecular formula is C50H50N4O13. The molecule has 7 atom stereocenters. The van der Waals surface area contributed by atoms with Crippen molar-refractivity contribution in [3.63, 3.8) is 0 Å². The van der Waals surface area contributed by atoms with E-state index in [0.717, 1.165) is 26.2 Å². The Labute approximate surface area is 386 Å². The number of aliphatic hydroxyl groups is 1. The number of nitrogens with one attached hydrogen (secondary N) is 1. The maximum Gasteiger partial charge on any atom is 0.329 e.